The van der Waals surface area contributed by atoms with Crippen LogP contribution in [0.15, 0.2) is 28.7 Å². The predicted octanol–water partition coefficient (Wildman–Crippen LogP) is 4.40. The van der Waals surface area contributed by atoms with E-state index in [0.717, 1.165) is 54.6 Å². The average molecular weight is 358 g/mol. The number of allylic oxidation sites excluding steroid dienone is 1. The van der Waals surface area contributed by atoms with Crippen molar-refractivity contribution in [2.45, 2.75) is 26.2 Å². The van der Waals surface area contributed by atoms with Gasteiger partial charge >= 0.3 is 0 Å². The zero-order valence-electron chi connectivity index (χ0n) is 15.1. The molecule has 1 atom stereocenters. The molecular formula is C20H24ClN3O. The standard InChI is InChI=1S/C20H24ClN3O/c1-13-4-7-18(24-10-8-23(3)9-11-24)19-20(25-14(2)22-19)17-12-15(21)5-6-16(13)17/h5-7,12-13H,4,8-11H2,1-3H3/b18-7-. The van der Waals surface area contributed by atoms with Crippen LogP contribution in [-0.2, 0) is 0 Å². The highest BCUT2D eigenvalue weighted by molar-refractivity contribution is 6.30. The second-order valence-electron chi connectivity index (χ2n) is 7.16. The van der Waals surface area contributed by atoms with Gasteiger partial charge in [-0.05, 0) is 37.1 Å². The van der Waals surface area contributed by atoms with Crippen molar-refractivity contribution in [1.29, 1.82) is 0 Å². The smallest absolute Gasteiger partial charge is 0.192 e. The molecule has 0 radical (unpaired) electrons. The maximum atomic E-state index is 6.30. The van der Waals surface area contributed by atoms with E-state index < -0.39 is 0 Å². The lowest BCUT2D eigenvalue weighted by Gasteiger charge is -2.36. The first-order chi connectivity index (χ1) is 12.0. The molecule has 0 spiro atoms. The van der Waals surface area contributed by atoms with Crippen molar-refractivity contribution >= 4 is 17.3 Å². The van der Waals surface area contributed by atoms with E-state index >= 15 is 0 Å². The maximum absolute atomic E-state index is 6.30. The van der Waals surface area contributed by atoms with Gasteiger partial charge in [0.1, 0.15) is 5.69 Å². The van der Waals surface area contributed by atoms with E-state index in [1.807, 2.05) is 19.1 Å². The van der Waals surface area contributed by atoms with Gasteiger partial charge in [0.25, 0.3) is 0 Å². The minimum absolute atomic E-state index is 0.410. The molecule has 5 heteroatoms. The Labute approximate surface area is 154 Å². The van der Waals surface area contributed by atoms with Crippen LogP contribution in [0.5, 0.6) is 0 Å². The summed E-state index contributed by atoms with van der Waals surface area (Å²) < 4.78 is 6.07. The molecule has 0 amide bonds. The number of fused-ring (bicyclic) bond motifs is 3. The molecule has 4 rings (SSSR count). The number of piperazine rings is 1. The van der Waals surface area contributed by atoms with Crippen molar-refractivity contribution in [1.82, 2.24) is 14.8 Å². The third kappa shape index (κ3) is 3.09. The lowest BCUT2D eigenvalue weighted by Crippen LogP contribution is -2.43. The van der Waals surface area contributed by atoms with E-state index in [9.17, 15) is 0 Å². The van der Waals surface area contributed by atoms with Crippen LogP contribution < -0.4 is 0 Å². The summed E-state index contributed by atoms with van der Waals surface area (Å²) in [5.74, 6) is 1.96. The fourth-order valence-electron chi connectivity index (χ4n) is 3.78. The topological polar surface area (TPSA) is 32.5 Å². The summed E-state index contributed by atoms with van der Waals surface area (Å²) in [6, 6.07) is 6.11. The Bertz CT molecular complexity index is 818. The molecule has 1 fully saturated rings. The van der Waals surface area contributed by atoms with Crippen molar-refractivity contribution in [2.75, 3.05) is 33.2 Å². The van der Waals surface area contributed by atoms with Crippen LogP contribution in [0, 0.1) is 6.92 Å². The molecule has 1 aliphatic heterocycles. The van der Waals surface area contributed by atoms with Gasteiger partial charge in [0.15, 0.2) is 11.7 Å². The van der Waals surface area contributed by atoms with Crippen LogP contribution >= 0.6 is 11.6 Å². The van der Waals surface area contributed by atoms with Gasteiger partial charge in [-0.3, -0.25) is 0 Å². The molecule has 0 N–H and O–H groups in total. The second-order valence-corrected chi connectivity index (χ2v) is 7.60. The Morgan fingerprint density at radius 2 is 1.96 bits per heavy atom. The molecule has 132 valence electrons. The Hall–Kier alpha value is -1.78. The fourth-order valence-corrected chi connectivity index (χ4v) is 3.95. The van der Waals surface area contributed by atoms with Gasteiger partial charge in [-0.25, -0.2) is 4.98 Å². The third-order valence-corrected chi connectivity index (χ3v) is 5.51. The van der Waals surface area contributed by atoms with Crippen molar-refractivity contribution in [3.05, 3.63) is 46.4 Å². The van der Waals surface area contributed by atoms with Crippen molar-refractivity contribution < 1.29 is 4.42 Å². The summed E-state index contributed by atoms with van der Waals surface area (Å²) in [7, 11) is 2.18. The number of benzene rings is 1. The van der Waals surface area contributed by atoms with Crippen LogP contribution in [0.1, 0.15) is 36.4 Å². The summed E-state index contributed by atoms with van der Waals surface area (Å²) in [5, 5.41) is 0.733. The first-order valence-electron chi connectivity index (χ1n) is 8.94. The molecule has 1 unspecified atom stereocenters. The summed E-state index contributed by atoms with van der Waals surface area (Å²) in [6.07, 6.45) is 3.33. The predicted molar refractivity (Wildman–Crippen MR) is 102 cm³/mol. The molecule has 2 aromatic rings. The zero-order chi connectivity index (χ0) is 17.6. The van der Waals surface area contributed by atoms with E-state index in [1.54, 1.807) is 0 Å². The van der Waals surface area contributed by atoms with Gasteiger partial charge in [0.2, 0.25) is 0 Å². The minimum Gasteiger partial charge on any atom is -0.440 e. The van der Waals surface area contributed by atoms with E-state index in [2.05, 4.69) is 35.9 Å². The number of oxazole rings is 1. The summed E-state index contributed by atoms with van der Waals surface area (Å²) >= 11 is 6.30. The molecular weight excluding hydrogens is 334 g/mol. The first kappa shape index (κ1) is 16.7. The Morgan fingerprint density at radius 1 is 1.20 bits per heavy atom. The molecule has 25 heavy (non-hydrogen) atoms. The first-order valence-corrected chi connectivity index (χ1v) is 9.32. The van der Waals surface area contributed by atoms with E-state index in [4.69, 9.17) is 21.0 Å². The Morgan fingerprint density at radius 3 is 2.72 bits per heavy atom. The highest BCUT2D eigenvalue weighted by Gasteiger charge is 2.28. The van der Waals surface area contributed by atoms with Gasteiger partial charge in [-0.2, -0.15) is 0 Å². The largest absolute Gasteiger partial charge is 0.440 e. The number of aromatic nitrogens is 1. The lowest BCUT2D eigenvalue weighted by molar-refractivity contribution is 0.206. The van der Waals surface area contributed by atoms with Gasteiger partial charge in [0, 0.05) is 43.7 Å². The lowest BCUT2D eigenvalue weighted by atomic mass is 9.88. The van der Waals surface area contributed by atoms with Crippen LogP contribution in [-0.4, -0.2) is 48.0 Å². The molecule has 0 saturated carbocycles. The SMILES string of the molecule is Cc1nc2c(o1)-c1cc(Cl)ccc1C(C)C/C=C/2N1CCN(C)CC1. The van der Waals surface area contributed by atoms with Crippen molar-refractivity contribution in [2.24, 2.45) is 0 Å². The molecule has 1 saturated heterocycles. The third-order valence-electron chi connectivity index (χ3n) is 5.28. The van der Waals surface area contributed by atoms with Crippen LogP contribution in [0.2, 0.25) is 5.02 Å². The van der Waals surface area contributed by atoms with Gasteiger partial charge < -0.3 is 14.2 Å². The molecule has 4 nitrogen and oxygen atoms in total. The second kappa shape index (κ2) is 6.50. The highest BCUT2D eigenvalue weighted by Crippen LogP contribution is 2.41. The average Bonchev–Trinajstić information content (AvgIpc) is 2.96. The summed E-state index contributed by atoms with van der Waals surface area (Å²) in [5.41, 5.74) is 4.51. The zero-order valence-corrected chi connectivity index (χ0v) is 15.8. The molecule has 2 aliphatic rings. The van der Waals surface area contributed by atoms with Crippen LogP contribution in [0.25, 0.3) is 17.0 Å². The number of aryl methyl sites for hydroxylation is 1. The fraction of sp³-hybridized carbons (Fsp3) is 0.450. The summed E-state index contributed by atoms with van der Waals surface area (Å²) in [6.45, 7) is 8.36. The number of nitrogens with zero attached hydrogens (tertiary/aromatic N) is 3. The monoisotopic (exact) mass is 357 g/mol. The molecule has 0 bridgehead atoms. The summed E-state index contributed by atoms with van der Waals surface area (Å²) in [4.78, 5) is 9.56. The van der Waals surface area contributed by atoms with E-state index in [0.29, 0.717) is 11.8 Å². The Balaban J connectivity index is 1.84. The van der Waals surface area contributed by atoms with Crippen LogP contribution in [0.3, 0.4) is 0 Å². The van der Waals surface area contributed by atoms with Crippen molar-refractivity contribution in [3.8, 4) is 11.3 Å². The molecule has 1 aliphatic carbocycles. The highest BCUT2D eigenvalue weighted by atomic mass is 35.5. The molecule has 1 aromatic heterocycles. The number of likely N-dealkylation sites (N-methyl/N-ethyl adjacent to an activating group) is 1. The normalized spacial score (nSPS) is 23.3. The van der Waals surface area contributed by atoms with E-state index in [1.165, 1.54) is 11.3 Å². The number of hydrogen-bond donors (Lipinski definition) is 0. The quantitative estimate of drug-likeness (QED) is 0.757. The minimum atomic E-state index is 0.410. The number of halogens is 1. The maximum Gasteiger partial charge on any atom is 0.192 e. The molecule has 2 heterocycles. The number of rotatable bonds is 1. The molecule has 1 aromatic carbocycles. The Kier molecular flexibility index (Phi) is 4.34. The van der Waals surface area contributed by atoms with Crippen molar-refractivity contribution in [3.63, 3.8) is 0 Å². The number of hydrogen-bond acceptors (Lipinski definition) is 4. The van der Waals surface area contributed by atoms with Gasteiger partial charge in [0.05, 0.1) is 5.70 Å². The van der Waals surface area contributed by atoms with E-state index in [-0.39, 0.29) is 0 Å². The van der Waals surface area contributed by atoms with Gasteiger partial charge in [-0.15, -0.1) is 0 Å². The van der Waals surface area contributed by atoms with Gasteiger partial charge in [-0.1, -0.05) is 30.7 Å². The van der Waals surface area contributed by atoms with Crippen LogP contribution in [0.4, 0.5) is 0 Å².